The molecule has 4 nitrogen and oxygen atoms in total. The molecule has 1 saturated heterocycles. The lowest BCUT2D eigenvalue weighted by atomic mass is 10.1. The normalized spacial score (nSPS) is 18.0. The number of nitrogens with zero attached hydrogens (tertiary/aromatic N) is 1. The van der Waals surface area contributed by atoms with Gasteiger partial charge in [-0.15, -0.1) is 0 Å². The van der Waals surface area contributed by atoms with Crippen LogP contribution in [0.3, 0.4) is 0 Å². The summed E-state index contributed by atoms with van der Waals surface area (Å²) in [5.74, 6) is 0.620. The van der Waals surface area contributed by atoms with Gasteiger partial charge in [0.25, 0.3) is 0 Å². The van der Waals surface area contributed by atoms with Gasteiger partial charge in [0, 0.05) is 13.1 Å². The summed E-state index contributed by atoms with van der Waals surface area (Å²) in [6.07, 6.45) is 1.34. The van der Waals surface area contributed by atoms with E-state index in [1.165, 1.54) is 18.2 Å². The van der Waals surface area contributed by atoms with Crippen LogP contribution in [0.5, 0.6) is 5.75 Å². The lowest BCUT2D eigenvalue weighted by Gasteiger charge is -2.17. The van der Waals surface area contributed by atoms with Gasteiger partial charge in [0.15, 0.2) is 0 Å². The van der Waals surface area contributed by atoms with Gasteiger partial charge in [-0.2, -0.15) is 0 Å². The average molecular weight is 315 g/mol. The fraction of sp³-hybridized carbons (Fsp3) is 0.533. The van der Waals surface area contributed by atoms with Crippen LogP contribution >= 0.6 is 11.6 Å². The number of ether oxygens (including phenoxy) is 1. The van der Waals surface area contributed by atoms with Crippen molar-refractivity contribution in [2.45, 2.75) is 12.8 Å². The summed E-state index contributed by atoms with van der Waals surface area (Å²) in [5, 5.41) is 3.36. The predicted octanol–water partition coefficient (Wildman–Crippen LogP) is 2.32. The zero-order valence-electron chi connectivity index (χ0n) is 12.1. The summed E-state index contributed by atoms with van der Waals surface area (Å²) >= 11 is 5.86. The average Bonchev–Trinajstić information content (AvgIpc) is 2.90. The van der Waals surface area contributed by atoms with Gasteiger partial charge in [-0.25, -0.2) is 4.39 Å². The van der Waals surface area contributed by atoms with Crippen molar-refractivity contribution in [1.82, 2.24) is 10.2 Å². The van der Waals surface area contributed by atoms with Crippen molar-refractivity contribution in [3.8, 4) is 5.75 Å². The highest BCUT2D eigenvalue weighted by Gasteiger charge is 2.25. The van der Waals surface area contributed by atoms with Crippen LogP contribution in [0.15, 0.2) is 18.2 Å². The molecule has 1 unspecified atom stereocenters. The molecule has 0 radical (unpaired) electrons. The van der Waals surface area contributed by atoms with Crippen molar-refractivity contribution in [2.24, 2.45) is 5.92 Å². The van der Waals surface area contributed by atoms with Gasteiger partial charge in [-0.3, -0.25) is 4.79 Å². The largest absolute Gasteiger partial charge is 0.491 e. The van der Waals surface area contributed by atoms with Crippen LogP contribution in [0.1, 0.15) is 12.8 Å². The van der Waals surface area contributed by atoms with Crippen LogP contribution in [-0.2, 0) is 4.79 Å². The molecule has 0 spiro atoms. The van der Waals surface area contributed by atoms with E-state index in [0.29, 0.717) is 18.1 Å². The van der Waals surface area contributed by atoms with E-state index in [0.717, 1.165) is 26.1 Å². The summed E-state index contributed by atoms with van der Waals surface area (Å²) in [6, 6.07) is 3.95. The second-order valence-electron chi connectivity index (χ2n) is 5.23. The van der Waals surface area contributed by atoms with Gasteiger partial charge in [0.1, 0.15) is 11.6 Å². The van der Waals surface area contributed by atoms with Crippen LogP contribution in [0.25, 0.3) is 0 Å². The van der Waals surface area contributed by atoms with Crippen molar-refractivity contribution >= 4 is 17.5 Å². The van der Waals surface area contributed by atoms with Crippen LogP contribution in [-0.4, -0.2) is 44.1 Å². The van der Waals surface area contributed by atoms with Crippen molar-refractivity contribution in [1.29, 1.82) is 0 Å². The van der Waals surface area contributed by atoms with E-state index in [9.17, 15) is 9.18 Å². The first kappa shape index (κ1) is 16.0. The monoisotopic (exact) mass is 314 g/mol. The van der Waals surface area contributed by atoms with Crippen LogP contribution < -0.4 is 10.1 Å². The number of carbonyl (C=O) groups excluding carboxylic acids is 1. The molecule has 6 heteroatoms. The number of likely N-dealkylation sites (tertiary alicyclic amines) is 1. The predicted molar refractivity (Wildman–Crippen MR) is 80.1 cm³/mol. The molecule has 0 aromatic heterocycles. The highest BCUT2D eigenvalue weighted by molar-refractivity contribution is 6.32. The van der Waals surface area contributed by atoms with E-state index in [1.54, 1.807) is 0 Å². The van der Waals surface area contributed by atoms with Crippen LogP contribution in [0.4, 0.5) is 4.39 Å². The molecule has 1 heterocycles. The minimum absolute atomic E-state index is 0.0897. The maximum Gasteiger partial charge on any atom is 0.226 e. The minimum Gasteiger partial charge on any atom is -0.491 e. The SMILES string of the molecule is CNCC1CCN(C(=O)CCOc2ccc(F)cc2Cl)C1. The maximum absolute atomic E-state index is 12.9. The second-order valence-corrected chi connectivity index (χ2v) is 5.63. The maximum atomic E-state index is 12.9. The molecule has 2 rings (SSSR count). The molecule has 1 amide bonds. The molecule has 1 aromatic carbocycles. The highest BCUT2D eigenvalue weighted by atomic mass is 35.5. The van der Waals surface area contributed by atoms with Gasteiger partial charge in [-0.1, -0.05) is 11.6 Å². The number of halogens is 2. The van der Waals surface area contributed by atoms with Crippen molar-refractivity contribution in [2.75, 3.05) is 33.3 Å². The Kier molecular flexibility index (Phi) is 5.82. The summed E-state index contributed by atoms with van der Waals surface area (Å²) in [5.41, 5.74) is 0. The highest BCUT2D eigenvalue weighted by Crippen LogP contribution is 2.25. The van der Waals surface area contributed by atoms with E-state index in [4.69, 9.17) is 16.3 Å². The van der Waals surface area contributed by atoms with Gasteiger partial charge < -0.3 is 15.0 Å². The Bertz CT molecular complexity index is 499. The van der Waals surface area contributed by atoms with Gasteiger partial charge in [0.2, 0.25) is 5.91 Å². The number of nitrogens with one attached hydrogen (secondary N) is 1. The molecule has 1 aliphatic rings. The van der Waals surface area contributed by atoms with Gasteiger partial charge in [-0.05, 0) is 44.1 Å². The Morgan fingerprint density at radius 3 is 3.10 bits per heavy atom. The molecule has 116 valence electrons. The summed E-state index contributed by atoms with van der Waals surface area (Å²) in [4.78, 5) is 13.9. The number of benzene rings is 1. The zero-order valence-corrected chi connectivity index (χ0v) is 12.8. The molecule has 1 atom stereocenters. The summed E-state index contributed by atoms with van der Waals surface area (Å²) < 4.78 is 18.3. The molecule has 1 fully saturated rings. The zero-order chi connectivity index (χ0) is 15.2. The van der Waals surface area contributed by atoms with Crippen molar-refractivity contribution < 1.29 is 13.9 Å². The topological polar surface area (TPSA) is 41.6 Å². The van der Waals surface area contributed by atoms with Crippen molar-refractivity contribution in [3.05, 3.63) is 29.0 Å². The van der Waals surface area contributed by atoms with E-state index >= 15 is 0 Å². The molecule has 1 N–H and O–H groups in total. The number of carbonyl (C=O) groups is 1. The number of amides is 1. The van der Waals surface area contributed by atoms with Crippen LogP contribution in [0, 0.1) is 11.7 Å². The first-order chi connectivity index (χ1) is 10.1. The lowest BCUT2D eigenvalue weighted by molar-refractivity contribution is -0.130. The van der Waals surface area contributed by atoms with E-state index in [2.05, 4.69) is 5.32 Å². The fourth-order valence-electron chi connectivity index (χ4n) is 2.51. The lowest BCUT2D eigenvalue weighted by Crippen LogP contribution is -2.31. The third kappa shape index (κ3) is 4.58. The fourth-order valence-corrected chi connectivity index (χ4v) is 2.73. The number of rotatable bonds is 6. The Balaban J connectivity index is 1.74. The summed E-state index contributed by atoms with van der Waals surface area (Å²) in [6.45, 7) is 2.79. The Morgan fingerprint density at radius 2 is 2.38 bits per heavy atom. The van der Waals surface area contributed by atoms with Gasteiger partial charge in [0.05, 0.1) is 18.1 Å². The molecular weight excluding hydrogens is 295 g/mol. The third-order valence-corrected chi connectivity index (χ3v) is 3.89. The van der Waals surface area contributed by atoms with E-state index < -0.39 is 5.82 Å². The Hall–Kier alpha value is -1.33. The van der Waals surface area contributed by atoms with Gasteiger partial charge >= 0.3 is 0 Å². The second kappa shape index (κ2) is 7.61. The molecule has 1 aromatic rings. The molecular formula is C15H20ClFN2O2. The summed E-state index contributed by atoms with van der Waals surface area (Å²) in [7, 11) is 1.92. The van der Waals surface area contributed by atoms with E-state index in [1.807, 2.05) is 11.9 Å². The first-order valence-corrected chi connectivity index (χ1v) is 7.48. The molecule has 0 bridgehead atoms. The smallest absolute Gasteiger partial charge is 0.226 e. The van der Waals surface area contributed by atoms with E-state index in [-0.39, 0.29) is 17.5 Å². The molecule has 1 aliphatic heterocycles. The van der Waals surface area contributed by atoms with Crippen LogP contribution in [0.2, 0.25) is 5.02 Å². The number of hydrogen-bond donors (Lipinski definition) is 1. The first-order valence-electron chi connectivity index (χ1n) is 7.10. The Labute approximate surface area is 129 Å². The number of hydrogen-bond acceptors (Lipinski definition) is 3. The molecule has 21 heavy (non-hydrogen) atoms. The van der Waals surface area contributed by atoms with Crippen molar-refractivity contribution in [3.63, 3.8) is 0 Å². The third-order valence-electron chi connectivity index (χ3n) is 3.60. The molecule has 0 saturated carbocycles. The Morgan fingerprint density at radius 1 is 1.57 bits per heavy atom. The molecule has 0 aliphatic carbocycles. The standard InChI is InChI=1S/C15H20ClFN2O2/c1-18-9-11-4-6-19(10-11)15(20)5-7-21-14-3-2-12(17)8-13(14)16/h2-3,8,11,18H,4-7,9-10H2,1H3. The minimum atomic E-state index is -0.406. The quantitative estimate of drug-likeness (QED) is 0.876.